The molecule has 0 aromatic heterocycles. The van der Waals surface area contributed by atoms with Crippen LogP contribution in [0.5, 0.6) is 11.5 Å². The standard InChI is InChI=1S/C14H10O3.Ag/c15-10-5-1-3-8-7-9-4-2-6-11(16)13(9)14(17)12(8)10;/h1-6,15-16H,7H2;. The molecule has 1 aliphatic carbocycles. The van der Waals surface area contributed by atoms with Gasteiger partial charge in [-0.1, -0.05) is 24.3 Å². The van der Waals surface area contributed by atoms with Crippen LogP contribution in [0.25, 0.3) is 0 Å². The van der Waals surface area contributed by atoms with Crippen molar-refractivity contribution in [2.75, 3.05) is 0 Å². The molecule has 3 rings (SSSR count). The zero-order chi connectivity index (χ0) is 12.0. The molecule has 0 fully saturated rings. The van der Waals surface area contributed by atoms with Crippen molar-refractivity contribution in [3.8, 4) is 11.5 Å². The Hall–Kier alpha value is -1.55. The minimum absolute atomic E-state index is 0. The fraction of sp³-hybridized carbons (Fsp3) is 0.0714. The average Bonchev–Trinajstić information content (AvgIpc) is 2.28. The molecule has 0 unspecified atom stereocenters. The number of fused-ring (bicyclic) bond motifs is 2. The van der Waals surface area contributed by atoms with Crippen molar-refractivity contribution < 1.29 is 37.4 Å². The Kier molecular flexibility index (Phi) is 3.30. The number of ketones is 1. The van der Waals surface area contributed by atoms with Crippen molar-refractivity contribution in [3.63, 3.8) is 0 Å². The zero-order valence-corrected chi connectivity index (χ0v) is 10.8. The molecule has 95 valence electrons. The topological polar surface area (TPSA) is 57.5 Å². The number of hydrogen-bond acceptors (Lipinski definition) is 3. The molecule has 0 atom stereocenters. The fourth-order valence-corrected chi connectivity index (χ4v) is 2.32. The van der Waals surface area contributed by atoms with Crippen molar-refractivity contribution in [3.05, 3.63) is 58.7 Å². The van der Waals surface area contributed by atoms with E-state index in [-0.39, 0.29) is 39.7 Å². The second-order valence-electron chi connectivity index (χ2n) is 4.13. The number of phenolic OH excluding ortho intramolecular Hbond substituents is 2. The number of hydrogen-bond donors (Lipinski definition) is 2. The summed E-state index contributed by atoms with van der Waals surface area (Å²) in [7, 11) is 0. The normalized spacial score (nSPS) is 12.3. The van der Waals surface area contributed by atoms with Crippen molar-refractivity contribution in [2.24, 2.45) is 0 Å². The van der Waals surface area contributed by atoms with Crippen LogP contribution in [0.4, 0.5) is 0 Å². The van der Waals surface area contributed by atoms with Gasteiger partial charge in [-0.25, -0.2) is 0 Å². The first-order valence-electron chi connectivity index (χ1n) is 5.35. The van der Waals surface area contributed by atoms with Gasteiger partial charge in [-0.15, -0.1) is 0 Å². The molecule has 0 saturated heterocycles. The van der Waals surface area contributed by atoms with Crippen LogP contribution in [0.15, 0.2) is 36.4 Å². The van der Waals surface area contributed by atoms with Crippen LogP contribution in [-0.4, -0.2) is 16.0 Å². The maximum Gasteiger partial charge on any atom is 0.201 e. The minimum atomic E-state index is -0.308. The van der Waals surface area contributed by atoms with Crippen molar-refractivity contribution in [2.45, 2.75) is 6.42 Å². The van der Waals surface area contributed by atoms with Crippen LogP contribution in [0.1, 0.15) is 27.0 Å². The number of phenols is 2. The Morgan fingerprint density at radius 2 is 1.28 bits per heavy atom. The van der Waals surface area contributed by atoms with Gasteiger partial charge in [-0.3, -0.25) is 4.79 Å². The third-order valence-electron chi connectivity index (χ3n) is 3.09. The van der Waals surface area contributed by atoms with Crippen LogP contribution in [0.3, 0.4) is 0 Å². The van der Waals surface area contributed by atoms with E-state index in [4.69, 9.17) is 0 Å². The zero-order valence-electron chi connectivity index (χ0n) is 9.28. The van der Waals surface area contributed by atoms with E-state index < -0.39 is 0 Å². The summed E-state index contributed by atoms with van der Waals surface area (Å²) in [5.41, 5.74) is 2.21. The molecule has 2 aromatic carbocycles. The summed E-state index contributed by atoms with van der Waals surface area (Å²) in [5.74, 6) is -0.361. The predicted molar refractivity (Wildman–Crippen MR) is 62.5 cm³/mol. The second kappa shape index (κ2) is 4.61. The molecular formula is C14H10AgO3. The molecule has 3 nitrogen and oxygen atoms in total. The third-order valence-corrected chi connectivity index (χ3v) is 3.09. The number of aromatic hydroxyl groups is 2. The van der Waals surface area contributed by atoms with Crippen molar-refractivity contribution in [1.82, 2.24) is 0 Å². The van der Waals surface area contributed by atoms with Crippen molar-refractivity contribution in [1.29, 1.82) is 0 Å². The van der Waals surface area contributed by atoms with Gasteiger partial charge in [0.15, 0.2) is 0 Å². The summed E-state index contributed by atoms with van der Waals surface area (Å²) in [6.07, 6.45) is 0.555. The molecule has 0 heterocycles. The van der Waals surface area contributed by atoms with E-state index in [1.807, 2.05) is 12.1 Å². The Labute approximate surface area is 120 Å². The van der Waals surface area contributed by atoms with Crippen LogP contribution in [0.2, 0.25) is 0 Å². The van der Waals surface area contributed by atoms with Gasteiger partial charge in [-0.05, 0) is 29.7 Å². The molecule has 0 aliphatic heterocycles. The van der Waals surface area contributed by atoms with E-state index in [1.165, 1.54) is 12.1 Å². The monoisotopic (exact) mass is 333 g/mol. The molecule has 0 spiro atoms. The number of carbonyl (C=O) groups excluding carboxylic acids is 1. The van der Waals surface area contributed by atoms with Gasteiger partial charge < -0.3 is 10.2 Å². The number of carbonyl (C=O) groups is 1. The van der Waals surface area contributed by atoms with Gasteiger partial charge in [-0.2, -0.15) is 0 Å². The van der Waals surface area contributed by atoms with Gasteiger partial charge in [0, 0.05) is 22.4 Å². The Balaban J connectivity index is 0.00000120. The molecule has 0 bridgehead atoms. The summed E-state index contributed by atoms with van der Waals surface area (Å²) < 4.78 is 0. The molecular weight excluding hydrogens is 324 g/mol. The molecule has 1 radical (unpaired) electrons. The second-order valence-corrected chi connectivity index (χ2v) is 4.13. The van der Waals surface area contributed by atoms with E-state index in [2.05, 4.69) is 0 Å². The summed E-state index contributed by atoms with van der Waals surface area (Å²) in [5, 5.41) is 19.5. The Morgan fingerprint density at radius 1 is 0.833 bits per heavy atom. The smallest absolute Gasteiger partial charge is 0.201 e. The van der Waals surface area contributed by atoms with Gasteiger partial charge in [0.05, 0.1) is 11.1 Å². The van der Waals surface area contributed by atoms with E-state index >= 15 is 0 Å². The first kappa shape index (κ1) is 12.9. The summed E-state index contributed by atoms with van der Waals surface area (Å²) in [6.45, 7) is 0. The molecule has 2 N–H and O–H groups in total. The van der Waals surface area contributed by atoms with Crippen LogP contribution < -0.4 is 0 Å². The number of benzene rings is 2. The van der Waals surface area contributed by atoms with Crippen LogP contribution >= 0.6 is 0 Å². The fourth-order valence-electron chi connectivity index (χ4n) is 2.32. The van der Waals surface area contributed by atoms with Gasteiger partial charge >= 0.3 is 0 Å². The largest absolute Gasteiger partial charge is 0.507 e. The minimum Gasteiger partial charge on any atom is -0.507 e. The first-order valence-corrected chi connectivity index (χ1v) is 5.35. The summed E-state index contributed by atoms with van der Waals surface area (Å²) in [6, 6.07) is 10.0. The molecule has 4 heteroatoms. The first-order chi connectivity index (χ1) is 8.18. The van der Waals surface area contributed by atoms with Gasteiger partial charge in [0.2, 0.25) is 5.78 Å². The molecule has 0 amide bonds. The molecule has 0 saturated carbocycles. The van der Waals surface area contributed by atoms with Crippen LogP contribution in [-0.2, 0) is 28.8 Å². The SMILES string of the molecule is O=C1c2c(O)cccc2Cc2cccc(O)c21.[Ag]. The Bertz CT molecular complexity index is 581. The Morgan fingerprint density at radius 3 is 1.72 bits per heavy atom. The average molecular weight is 334 g/mol. The summed E-state index contributed by atoms with van der Waals surface area (Å²) in [4.78, 5) is 12.2. The van der Waals surface area contributed by atoms with E-state index in [1.54, 1.807) is 12.1 Å². The van der Waals surface area contributed by atoms with E-state index in [0.29, 0.717) is 17.5 Å². The van der Waals surface area contributed by atoms with Gasteiger partial charge in [0.25, 0.3) is 0 Å². The van der Waals surface area contributed by atoms with Crippen molar-refractivity contribution >= 4 is 5.78 Å². The molecule has 18 heavy (non-hydrogen) atoms. The molecule has 1 aliphatic rings. The summed E-state index contributed by atoms with van der Waals surface area (Å²) >= 11 is 0. The van der Waals surface area contributed by atoms with E-state index in [9.17, 15) is 15.0 Å². The van der Waals surface area contributed by atoms with Crippen LogP contribution in [0, 0.1) is 0 Å². The predicted octanol–water partition coefficient (Wildman–Crippen LogP) is 2.23. The van der Waals surface area contributed by atoms with Gasteiger partial charge in [0.1, 0.15) is 11.5 Å². The number of rotatable bonds is 0. The third kappa shape index (κ3) is 1.77. The maximum atomic E-state index is 12.2. The maximum absolute atomic E-state index is 12.2. The quantitative estimate of drug-likeness (QED) is 0.620. The van der Waals surface area contributed by atoms with E-state index in [0.717, 1.165) is 11.1 Å². The molecule has 2 aromatic rings.